The van der Waals surface area contributed by atoms with E-state index in [2.05, 4.69) is 27.5 Å². The number of nitro groups is 1. The Kier molecular flexibility index (Phi) is 9.75. The highest BCUT2D eigenvalue weighted by molar-refractivity contribution is 8.00. The number of thioether (sulfide) groups is 1. The Hall–Kier alpha value is -4.40. The van der Waals surface area contributed by atoms with Gasteiger partial charge in [-0.05, 0) is 37.1 Å². The molecule has 3 aromatic rings. The maximum atomic E-state index is 13.5. The third-order valence-electron chi connectivity index (χ3n) is 7.66. The number of unbranched alkanes of at least 4 members (excludes halogenated alkanes) is 1. The molecule has 0 radical (unpaired) electrons. The van der Waals surface area contributed by atoms with Crippen molar-refractivity contribution in [3.8, 4) is 22.7 Å². The van der Waals surface area contributed by atoms with E-state index in [4.69, 9.17) is 9.47 Å². The number of fused-ring (bicyclic) bond motifs is 1. The first-order valence-corrected chi connectivity index (χ1v) is 15.4. The number of nitro benzene ring substituents is 1. The zero-order valence-electron chi connectivity index (χ0n) is 24.4. The van der Waals surface area contributed by atoms with Gasteiger partial charge in [-0.3, -0.25) is 14.9 Å². The molecule has 0 aliphatic carbocycles. The molecule has 0 amide bonds. The van der Waals surface area contributed by atoms with Gasteiger partial charge >= 0.3 is 12.1 Å². The number of carbonyl (C=O) groups excluding carboxylic acids is 1. The molecule has 5 rings (SSSR count). The number of rotatable bonds is 13. The fourth-order valence-electron chi connectivity index (χ4n) is 5.42. The summed E-state index contributed by atoms with van der Waals surface area (Å²) in [4.78, 5) is 27.4. The fraction of sp³-hybridized carbons (Fsp3) is 0.400. The second-order valence-electron chi connectivity index (χ2n) is 10.7. The second kappa shape index (κ2) is 13.7. The maximum Gasteiger partial charge on any atom is 0.416 e. The molecule has 3 heterocycles. The number of anilines is 1. The number of hydrogen-bond acceptors (Lipinski definition) is 10. The van der Waals surface area contributed by atoms with E-state index in [9.17, 15) is 28.1 Å². The zero-order chi connectivity index (χ0) is 32.1. The van der Waals surface area contributed by atoms with E-state index < -0.39 is 22.6 Å². The van der Waals surface area contributed by atoms with Gasteiger partial charge in [0.2, 0.25) is 0 Å². The van der Waals surface area contributed by atoms with Crippen LogP contribution in [0, 0.1) is 10.1 Å². The van der Waals surface area contributed by atoms with Crippen LogP contribution in [0.15, 0.2) is 61.3 Å². The number of non-ortho nitro benzene ring substituents is 1. The average molecular weight is 647 g/mol. The van der Waals surface area contributed by atoms with Crippen molar-refractivity contribution in [2.45, 2.75) is 49.2 Å². The zero-order valence-corrected chi connectivity index (χ0v) is 25.2. The van der Waals surface area contributed by atoms with Crippen LogP contribution in [0.4, 0.5) is 24.5 Å². The summed E-state index contributed by atoms with van der Waals surface area (Å²) in [6.07, 6.45) is 1.08. The molecule has 3 atom stereocenters. The first-order valence-electron chi connectivity index (χ1n) is 14.4. The molecule has 2 aromatic carbocycles. The first-order chi connectivity index (χ1) is 21.5. The number of nitrogens with zero attached hydrogens (tertiary/aromatic N) is 3. The van der Waals surface area contributed by atoms with Gasteiger partial charge in [-0.15, -0.1) is 0 Å². The first kappa shape index (κ1) is 32.0. The van der Waals surface area contributed by atoms with Crippen LogP contribution in [0.2, 0.25) is 0 Å². The Labute approximate surface area is 261 Å². The SMILES string of the molecule is C=C1N[C@H]2[C@H](CS[C@H]2CCCCC(=O)OCCOc2cc(C(F)(F)F)ccc2-c2cn(-c3cc([N+](=O)[O-])ccc3NC)cn2)N1. The summed E-state index contributed by atoms with van der Waals surface area (Å²) in [5.41, 5.74) is 0.514. The minimum atomic E-state index is -4.61. The Morgan fingerprint density at radius 3 is 2.80 bits per heavy atom. The average Bonchev–Trinajstić information content (AvgIpc) is 3.73. The van der Waals surface area contributed by atoms with E-state index in [0.717, 1.165) is 36.5 Å². The van der Waals surface area contributed by atoms with Crippen LogP contribution < -0.4 is 20.7 Å². The van der Waals surface area contributed by atoms with Gasteiger partial charge in [0.15, 0.2) is 0 Å². The number of halogens is 3. The summed E-state index contributed by atoms with van der Waals surface area (Å²) in [7, 11) is 1.66. The lowest BCUT2D eigenvalue weighted by atomic mass is 10.0. The number of benzene rings is 2. The molecule has 2 fully saturated rings. The predicted molar refractivity (Wildman–Crippen MR) is 164 cm³/mol. The lowest BCUT2D eigenvalue weighted by Crippen LogP contribution is -2.36. The molecule has 0 unspecified atom stereocenters. The van der Waals surface area contributed by atoms with E-state index in [1.54, 1.807) is 13.1 Å². The van der Waals surface area contributed by atoms with Crippen LogP contribution in [0.25, 0.3) is 16.9 Å². The number of alkyl halides is 3. The standard InChI is InChI=1S/C30H33F3N6O5S/c1-18-36-24-16-45-27(29(24)37-18)5-3-4-6-28(40)44-12-11-43-26-13-19(30(31,32)33)7-9-21(26)23-15-38(17-35-23)25-14-20(39(41)42)8-10-22(25)34-2/h7-10,13-15,17,24,27,29,34,36-37H,1,3-6,11-12,16H2,2H3/t24-,27-,29-/m0/s1. The van der Waals surface area contributed by atoms with E-state index >= 15 is 0 Å². The van der Waals surface area contributed by atoms with Gasteiger partial charge < -0.3 is 30.0 Å². The molecular formula is C30H33F3N6O5S. The third-order valence-corrected chi connectivity index (χ3v) is 9.16. The predicted octanol–water partition coefficient (Wildman–Crippen LogP) is 5.51. The Bertz CT molecular complexity index is 1570. The van der Waals surface area contributed by atoms with Gasteiger partial charge in [0.1, 0.15) is 19.0 Å². The molecule has 0 spiro atoms. The maximum absolute atomic E-state index is 13.5. The number of imidazole rings is 1. The molecule has 3 N–H and O–H groups in total. The normalized spacial score (nSPS) is 19.0. The molecule has 240 valence electrons. The molecule has 2 aliphatic heterocycles. The van der Waals surface area contributed by atoms with Gasteiger partial charge in [-0.1, -0.05) is 13.0 Å². The minimum Gasteiger partial charge on any atom is -0.489 e. The van der Waals surface area contributed by atoms with Crippen molar-refractivity contribution in [1.82, 2.24) is 20.2 Å². The van der Waals surface area contributed by atoms with E-state index in [0.29, 0.717) is 35.1 Å². The number of carbonyl (C=O) groups is 1. The van der Waals surface area contributed by atoms with Gasteiger partial charge in [0.05, 0.1) is 51.8 Å². The second-order valence-corrected chi connectivity index (χ2v) is 11.9. The van der Waals surface area contributed by atoms with Crippen LogP contribution in [0.5, 0.6) is 5.75 Å². The summed E-state index contributed by atoms with van der Waals surface area (Å²) in [5.74, 6) is 1.39. The molecule has 11 nitrogen and oxygen atoms in total. The Balaban J connectivity index is 1.18. The van der Waals surface area contributed by atoms with Crippen molar-refractivity contribution in [3.63, 3.8) is 0 Å². The topological polar surface area (TPSA) is 133 Å². The summed E-state index contributed by atoms with van der Waals surface area (Å²) in [5, 5.41) is 21.4. The van der Waals surface area contributed by atoms with Crippen LogP contribution in [0.3, 0.4) is 0 Å². The van der Waals surface area contributed by atoms with Crippen LogP contribution >= 0.6 is 11.8 Å². The van der Waals surface area contributed by atoms with Crippen molar-refractivity contribution in [1.29, 1.82) is 0 Å². The Morgan fingerprint density at radius 2 is 2.04 bits per heavy atom. The van der Waals surface area contributed by atoms with E-state index in [1.807, 2.05) is 11.8 Å². The van der Waals surface area contributed by atoms with Crippen molar-refractivity contribution in [2.75, 3.05) is 31.3 Å². The van der Waals surface area contributed by atoms with Gasteiger partial charge in [0.25, 0.3) is 5.69 Å². The van der Waals surface area contributed by atoms with Crippen LogP contribution in [0.1, 0.15) is 31.2 Å². The van der Waals surface area contributed by atoms with Crippen LogP contribution in [-0.2, 0) is 15.7 Å². The summed E-state index contributed by atoms with van der Waals surface area (Å²) < 4.78 is 53.0. The molecule has 2 aliphatic rings. The Morgan fingerprint density at radius 1 is 1.22 bits per heavy atom. The van der Waals surface area contributed by atoms with Crippen molar-refractivity contribution < 1.29 is 32.4 Å². The van der Waals surface area contributed by atoms with Gasteiger partial charge in [-0.25, -0.2) is 4.98 Å². The van der Waals surface area contributed by atoms with E-state index in [-0.39, 0.29) is 42.3 Å². The molecule has 0 saturated carbocycles. The molecule has 15 heteroatoms. The fourth-order valence-corrected chi connectivity index (χ4v) is 6.97. The van der Waals surface area contributed by atoms with Gasteiger partial charge in [-0.2, -0.15) is 24.9 Å². The lowest BCUT2D eigenvalue weighted by Gasteiger charge is -2.17. The van der Waals surface area contributed by atoms with E-state index in [1.165, 1.54) is 35.3 Å². The smallest absolute Gasteiger partial charge is 0.416 e. The number of hydrogen-bond donors (Lipinski definition) is 3. The highest BCUT2D eigenvalue weighted by atomic mass is 32.2. The van der Waals surface area contributed by atoms with Crippen molar-refractivity contribution in [2.24, 2.45) is 0 Å². The quantitative estimate of drug-likeness (QED) is 0.0946. The highest BCUT2D eigenvalue weighted by Crippen LogP contribution is 2.38. The summed E-state index contributed by atoms with van der Waals surface area (Å²) in [6.45, 7) is 3.62. The summed E-state index contributed by atoms with van der Waals surface area (Å²) in [6, 6.07) is 8.06. The van der Waals surface area contributed by atoms with Crippen molar-refractivity contribution in [3.05, 3.63) is 77.0 Å². The monoisotopic (exact) mass is 646 g/mol. The number of esters is 1. The molecule has 45 heavy (non-hydrogen) atoms. The third kappa shape index (κ3) is 7.64. The molecular weight excluding hydrogens is 613 g/mol. The number of nitrogens with one attached hydrogen (secondary N) is 3. The van der Waals surface area contributed by atoms with Gasteiger partial charge in [0, 0.05) is 48.4 Å². The van der Waals surface area contributed by atoms with Crippen molar-refractivity contribution >= 4 is 29.1 Å². The molecule has 0 bridgehead atoms. The number of ether oxygens (including phenoxy) is 2. The number of aromatic nitrogens is 2. The van der Waals surface area contributed by atoms with Crippen LogP contribution in [-0.4, -0.2) is 63.8 Å². The largest absolute Gasteiger partial charge is 0.489 e. The minimum absolute atomic E-state index is 0.0935. The summed E-state index contributed by atoms with van der Waals surface area (Å²) >= 11 is 1.91. The highest BCUT2D eigenvalue weighted by Gasteiger charge is 2.40. The molecule has 1 aromatic heterocycles. The molecule has 2 saturated heterocycles. The lowest BCUT2D eigenvalue weighted by molar-refractivity contribution is -0.384.